The molecule has 0 unspecified atom stereocenters. The summed E-state index contributed by atoms with van der Waals surface area (Å²) in [6, 6.07) is 26.3. The first-order chi connectivity index (χ1) is 23.4. The van der Waals surface area contributed by atoms with Crippen LogP contribution in [-0.4, -0.2) is 89.5 Å². The molecule has 3 aromatic rings. The maximum absolute atomic E-state index is 15.1. The molecule has 2 N–H and O–H groups in total. The Morgan fingerprint density at radius 3 is 1.88 bits per heavy atom. The molecule has 6 rings (SSSR count). The second-order valence-corrected chi connectivity index (χ2v) is 13.8. The molecular formula is C38H46N2O9. The van der Waals surface area contributed by atoms with Gasteiger partial charge in [-0.15, -0.1) is 0 Å². The number of fused-ring (bicyclic) bond motifs is 1. The zero-order valence-corrected chi connectivity index (χ0v) is 28.6. The number of carbonyl (C=O) groups is 2. The van der Waals surface area contributed by atoms with Gasteiger partial charge in [-0.05, 0) is 44.4 Å². The lowest BCUT2D eigenvalue weighted by Gasteiger charge is -2.45. The summed E-state index contributed by atoms with van der Waals surface area (Å²) >= 11 is 0. The third-order valence-electron chi connectivity index (χ3n) is 9.21. The van der Waals surface area contributed by atoms with Crippen molar-refractivity contribution >= 4 is 11.9 Å². The molecule has 0 aromatic heterocycles. The molecule has 11 heteroatoms. The molecule has 49 heavy (non-hydrogen) atoms. The van der Waals surface area contributed by atoms with Crippen molar-refractivity contribution in [2.24, 2.45) is 0 Å². The number of nitrogens with zero attached hydrogens (tertiary/aromatic N) is 1. The fourth-order valence-corrected chi connectivity index (χ4v) is 7.10. The first-order valence-electron chi connectivity index (χ1n) is 16.7. The number of aliphatic hydroxyl groups is 1. The Hall–Kier alpha value is -3.68. The number of nitrogens with one attached hydrogen (secondary N) is 1. The number of carbonyl (C=O) groups excluding carboxylic acids is 2. The highest BCUT2D eigenvalue weighted by Crippen LogP contribution is 2.49. The quantitative estimate of drug-likeness (QED) is 0.275. The Bertz CT molecular complexity index is 1530. The van der Waals surface area contributed by atoms with Gasteiger partial charge in [0.25, 0.3) is 0 Å². The van der Waals surface area contributed by atoms with Gasteiger partial charge in [0, 0.05) is 19.5 Å². The molecule has 3 fully saturated rings. The largest absolute Gasteiger partial charge is 0.467 e. The maximum atomic E-state index is 15.1. The van der Waals surface area contributed by atoms with Crippen LogP contribution in [-0.2, 0) is 57.5 Å². The van der Waals surface area contributed by atoms with Gasteiger partial charge < -0.3 is 38.8 Å². The molecule has 0 spiro atoms. The highest BCUT2D eigenvalue weighted by atomic mass is 16.8. The average Bonchev–Trinajstić information content (AvgIpc) is 3.69. The van der Waals surface area contributed by atoms with Crippen molar-refractivity contribution in [2.45, 2.75) is 101 Å². The van der Waals surface area contributed by atoms with E-state index in [0.717, 1.165) is 16.7 Å². The Labute approximate surface area is 287 Å². The predicted octanol–water partition coefficient (Wildman–Crippen LogP) is 3.72. The van der Waals surface area contributed by atoms with E-state index in [4.69, 9.17) is 28.4 Å². The summed E-state index contributed by atoms with van der Waals surface area (Å²) in [5, 5.41) is 16.3. The standard InChI is InChI=1S/C38H46N2O9/c1-36(2)45-24-29(47-36)31-38(43,32-35(46-31)49-37(3,4)48-32)30(33(41)39-28(34(42)44-5)21-25-15-9-6-10-16-25)40(22-26-17-11-7-12-18-26)23-27-19-13-8-14-20-27/h6-20,28-32,35,43H,21-24H2,1-5H3,(H,39,41)/t28-,29+,30+,31+,32-,35+,38+/m0/s1. The lowest BCUT2D eigenvalue weighted by Crippen LogP contribution is -2.70. The molecule has 3 aliphatic heterocycles. The van der Waals surface area contributed by atoms with Crippen LogP contribution >= 0.6 is 0 Å². The van der Waals surface area contributed by atoms with Crippen LogP contribution < -0.4 is 5.32 Å². The highest BCUT2D eigenvalue weighted by Gasteiger charge is 2.71. The van der Waals surface area contributed by atoms with Gasteiger partial charge in [-0.2, -0.15) is 0 Å². The highest BCUT2D eigenvalue weighted by molar-refractivity contribution is 5.89. The Balaban J connectivity index is 1.47. The van der Waals surface area contributed by atoms with E-state index in [-0.39, 0.29) is 26.1 Å². The minimum absolute atomic E-state index is 0.104. The molecule has 0 aliphatic carbocycles. The van der Waals surface area contributed by atoms with E-state index < -0.39 is 65.7 Å². The van der Waals surface area contributed by atoms with Crippen molar-refractivity contribution in [2.75, 3.05) is 13.7 Å². The number of rotatable bonds is 12. The molecular weight excluding hydrogens is 628 g/mol. The minimum atomic E-state index is -2.06. The minimum Gasteiger partial charge on any atom is -0.467 e. The Morgan fingerprint density at radius 2 is 1.37 bits per heavy atom. The van der Waals surface area contributed by atoms with Gasteiger partial charge in [-0.3, -0.25) is 9.69 Å². The molecule has 3 heterocycles. The summed E-state index contributed by atoms with van der Waals surface area (Å²) in [7, 11) is 1.28. The monoisotopic (exact) mass is 674 g/mol. The summed E-state index contributed by atoms with van der Waals surface area (Å²) in [6.45, 7) is 7.66. The van der Waals surface area contributed by atoms with Crippen molar-refractivity contribution < 1.29 is 43.1 Å². The number of methoxy groups -OCH3 is 1. The van der Waals surface area contributed by atoms with Crippen molar-refractivity contribution in [1.29, 1.82) is 0 Å². The van der Waals surface area contributed by atoms with Gasteiger partial charge in [0.05, 0.1) is 13.7 Å². The van der Waals surface area contributed by atoms with E-state index in [0.29, 0.717) is 0 Å². The first kappa shape index (κ1) is 35.2. The normalized spacial score (nSPS) is 28.1. The second kappa shape index (κ2) is 14.3. The Morgan fingerprint density at radius 1 is 0.816 bits per heavy atom. The van der Waals surface area contributed by atoms with Crippen LogP contribution in [0.25, 0.3) is 0 Å². The smallest absolute Gasteiger partial charge is 0.328 e. The third-order valence-corrected chi connectivity index (χ3v) is 9.21. The van der Waals surface area contributed by atoms with Crippen LogP contribution in [0.15, 0.2) is 91.0 Å². The van der Waals surface area contributed by atoms with E-state index in [1.54, 1.807) is 27.7 Å². The molecule has 3 aliphatic rings. The summed E-state index contributed by atoms with van der Waals surface area (Å²) in [5.41, 5.74) is 0.583. The van der Waals surface area contributed by atoms with Crippen LogP contribution in [0.2, 0.25) is 0 Å². The molecule has 1 amide bonds. The van der Waals surface area contributed by atoms with Crippen LogP contribution in [0.5, 0.6) is 0 Å². The van der Waals surface area contributed by atoms with Crippen molar-refractivity contribution in [1.82, 2.24) is 10.2 Å². The van der Waals surface area contributed by atoms with Crippen LogP contribution in [0.1, 0.15) is 44.4 Å². The fraction of sp³-hybridized carbons (Fsp3) is 0.474. The lowest BCUT2D eigenvalue weighted by molar-refractivity contribution is -0.256. The van der Waals surface area contributed by atoms with E-state index >= 15 is 4.79 Å². The molecule has 0 bridgehead atoms. The number of ether oxygens (including phenoxy) is 6. The van der Waals surface area contributed by atoms with Crippen molar-refractivity contribution in [3.63, 3.8) is 0 Å². The second-order valence-electron chi connectivity index (χ2n) is 13.8. The van der Waals surface area contributed by atoms with Crippen LogP contribution in [0.4, 0.5) is 0 Å². The first-order valence-corrected chi connectivity index (χ1v) is 16.7. The van der Waals surface area contributed by atoms with Gasteiger partial charge in [0.2, 0.25) is 5.91 Å². The Kier molecular flexibility index (Phi) is 10.2. The molecule has 3 saturated heterocycles. The van der Waals surface area contributed by atoms with Crippen molar-refractivity contribution in [3.05, 3.63) is 108 Å². The summed E-state index contributed by atoms with van der Waals surface area (Å²) in [6.07, 6.45) is -3.82. The summed E-state index contributed by atoms with van der Waals surface area (Å²) in [5.74, 6) is -3.30. The molecule has 0 radical (unpaired) electrons. The summed E-state index contributed by atoms with van der Waals surface area (Å²) < 4.78 is 36.3. The van der Waals surface area contributed by atoms with Gasteiger partial charge in [0.1, 0.15) is 36.0 Å². The van der Waals surface area contributed by atoms with Crippen molar-refractivity contribution in [3.8, 4) is 0 Å². The maximum Gasteiger partial charge on any atom is 0.328 e. The number of esters is 1. The van der Waals surface area contributed by atoms with Gasteiger partial charge in [0.15, 0.2) is 17.9 Å². The molecule has 262 valence electrons. The van der Waals surface area contributed by atoms with Gasteiger partial charge in [-0.1, -0.05) is 91.0 Å². The summed E-state index contributed by atoms with van der Waals surface area (Å²) in [4.78, 5) is 30.2. The fourth-order valence-electron chi connectivity index (χ4n) is 7.10. The number of hydrogen-bond acceptors (Lipinski definition) is 10. The topological polar surface area (TPSA) is 125 Å². The van der Waals surface area contributed by atoms with E-state index in [1.807, 2.05) is 95.9 Å². The third kappa shape index (κ3) is 7.73. The number of benzene rings is 3. The average molecular weight is 675 g/mol. The lowest BCUT2D eigenvalue weighted by atomic mass is 9.80. The SMILES string of the molecule is COC(=O)[C@H](Cc1ccccc1)NC(=O)[C@@H](N(Cc1ccccc1)Cc1ccccc1)[C@@]1(O)[C@@H]([C@H]2COC(C)(C)O2)O[C@@H]2OC(C)(C)O[C@@H]21. The van der Waals surface area contributed by atoms with Crippen LogP contribution in [0.3, 0.4) is 0 Å². The number of hydrogen-bond donors (Lipinski definition) is 2. The van der Waals surface area contributed by atoms with Gasteiger partial charge in [-0.25, -0.2) is 4.79 Å². The van der Waals surface area contributed by atoms with Gasteiger partial charge >= 0.3 is 5.97 Å². The molecule has 11 nitrogen and oxygen atoms in total. The molecule has 7 atom stereocenters. The van der Waals surface area contributed by atoms with E-state index in [1.165, 1.54) is 7.11 Å². The zero-order valence-electron chi connectivity index (χ0n) is 28.6. The molecule has 3 aromatic carbocycles. The van der Waals surface area contributed by atoms with Crippen LogP contribution in [0, 0.1) is 0 Å². The molecule has 0 saturated carbocycles. The van der Waals surface area contributed by atoms with E-state index in [9.17, 15) is 9.90 Å². The van der Waals surface area contributed by atoms with E-state index in [2.05, 4.69) is 5.32 Å². The predicted molar refractivity (Wildman–Crippen MR) is 179 cm³/mol. The zero-order chi connectivity index (χ0) is 34.8. The number of amides is 1.